The van der Waals surface area contributed by atoms with Gasteiger partial charge in [0.2, 0.25) is 0 Å². The largest absolute Gasteiger partial charge is 0.347 e. The Labute approximate surface area is 140 Å². The van der Waals surface area contributed by atoms with Crippen molar-refractivity contribution in [3.63, 3.8) is 0 Å². The topological polar surface area (TPSA) is 46.8 Å². The molecule has 1 fully saturated rings. The highest BCUT2D eigenvalue weighted by Gasteiger charge is 2.29. The van der Waals surface area contributed by atoms with E-state index in [4.69, 9.17) is 4.98 Å². The molecule has 0 aromatic carbocycles. The first-order valence-electron chi connectivity index (χ1n) is 8.26. The van der Waals surface area contributed by atoms with Crippen LogP contribution in [0.1, 0.15) is 43.7 Å². The maximum atomic E-state index is 4.90. The van der Waals surface area contributed by atoms with Crippen molar-refractivity contribution in [3.8, 4) is 0 Å². The van der Waals surface area contributed by atoms with Crippen molar-refractivity contribution < 1.29 is 0 Å². The lowest BCUT2D eigenvalue weighted by molar-refractivity contribution is 0.448. The first-order valence-corrected chi connectivity index (χ1v) is 9.14. The third-order valence-corrected chi connectivity index (χ3v) is 5.45. The highest BCUT2D eigenvalue weighted by Crippen LogP contribution is 2.37. The highest BCUT2D eigenvalue weighted by molar-refractivity contribution is 7.16. The van der Waals surface area contributed by atoms with Crippen LogP contribution in [0.15, 0.2) is 23.7 Å². The van der Waals surface area contributed by atoms with E-state index < -0.39 is 0 Å². The van der Waals surface area contributed by atoms with Gasteiger partial charge < -0.3 is 4.90 Å². The third-order valence-electron chi connectivity index (χ3n) is 4.64. The van der Waals surface area contributed by atoms with Crippen molar-refractivity contribution >= 4 is 27.4 Å². The molecule has 3 aromatic heterocycles. The van der Waals surface area contributed by atoms with Crippen LogP contribution in [0.2, 0.25) is 0 Å². The van der Waals surface area contributed by atoms with E-state index in [0.29, 0.717) is 6.04 Å². The summed E-state index contributed by atoms with van der Waals surface area (Å²) < 4.78 is 2.00. The molecule has 23 heavy (non-hydrogen) atoms. The predicted molar refractivity (Wildman–Crippen MR) is 93.9 cm³/mol. The molecule has 1 aliphatic rings. The lowest BCUT2D eigenvalue weighted by Crippen LogP contribution is -2.35. The molecule has 0 saturated carbocycles. The fraction of sp³-hybridized carbons (Fsp3) is 0.471. The van der Waals surface area contributed by atoms with Crippen molar-refractivity contribution in [1.82, 2.24) is 19.7 Å². The Balaban J connectivity index is 1.84. The number of fused-ring (bicyclic) bond motifs is 1. The number of hydrogen-bond donors (Lipinski definition) is 0. The number of nitrogens with zero attached hydrogens (tertiary/aromatic N) is 5. The molecule has 0 bridgehead atoms. The number of anilines is 1. The molecule has 0 spiro atoms. The minimum atomic E-state index is 0.346. The summed E-state index contributed by atoms with van der Waals surface area (Å²) in [6.07, 6.45) is 6.37. The lowest BCUT2D eigenvalue weighted by atomic mass is 9.99. The normalized spacial score (nSPS) is 18.7. The Morgan fingerprint density at radius 2 is 2.17 bits per heavy atom. The molecule has 120 valence electrons. The SMILES string of the molecule is CCc1nc(N2CCCC[C@@H]2c2ccnn2C)c2ccsc2n1. The molecular weight excluding hydrogens is 306 g/mol. The van der Waals surface area contributed by atoms with Crippen molar-refractivity contribution in [2.24, 2.45) is 7.05 Å². The van der Waals surface area contributed by atoms with Crippen LogP contribution in [0.4, 0.5) is 5.82 Å². The third kappa shape index (κ3) is 2.51. The molecule has 0 radical (unpaired) electrons. The summed E-state index contributed by atoms with van der Waals surface area (Å²) in [6, 6.07) is 4.64. The fourth-order valence-corrected chi connectivity index (χ4v) is 4.24. The first-order chi connectivity index (χ1) is 11.3. The predicted octanol–water partition coefficient (Wildman–Crippen LogP) is 3.72. The van der Waals surface area contributed by atoms with E-state index in [1.54, 1.807) is 11.3 Å². The van der Waals surface area contributed by atoms with Crippen LogP contribution < -0.4 is 4.90 Å². The van der Waals surface area contributed by atoms with Gasteiger partial charge in [-0.05, 0) is 36.8 Å². The molecule has 1 saturated heterocycles. The summed E-state index contributed by atoms with van der Waals surface area (Å²) in [5.41, 5.74) is 1.27. The van der Waals surface area contributed by atoms with E-state index in [2.05, 4.69) is 39.4 Å². The maximum Gasteiger partial charge on any atom is 0.141 e. The average Bonchev–Trinajstić information content (AvgIpc) is 3.22. The molecule has 1 aliphatic heterocycles. The van der Waals surface area contributed by atoms with Gasteiger partial charge in [-0.1, -0.05) is 6.92 Å². The zero-order chi connectivity index (χ0) is 15.8. The minimum Gasteiger partial charge on any atom is -0.347 e. The number of aryl methyl sites for hydroxylation is 2. The van der Waals surface area contributed by atoms with Crippen LogP contribution in [0.25, 0.3) is 10.2 Å². The summed E-state index contributed by atoms with van der Waals surface area (Å²) in [6.45, 7) is 3.16. The van der Waals surface area contributed by atoms with E-state index >= 15 is 0 Å². The van der Waals surface area contributed by atoms with Crippen LogP contribution in [-0.4, -0.2) is 26.3 Å². The van der Waals surface area contributed by atoms with Gasteiger partial charge in [0.25, 0.3) is 0 Å². The highest BCUT2D eigenvalue weighted by atomic mass is 32.1. The summed E-state index contributed by atoms with van der Waals surface area (Å²) >= 11 is 1.70. The Hall–Kier alpha value is -1.95. The Morgan fingerprint density at radius 1 is 1.26 bits per heavy atom. The van der Waals surface area contributed by atoms with Crippen LogP contribution in [0, 0.1) is 0 Å². The van der Waals surface area contributed by atoms with Gasteiger partial charge in [0.05, 0.1) is 17.1 Å². The van der Waals surface area contributed by atoms with Crippen LogP contribution in [-0.2, 0) is 13.5 Å². The van der Waals surface area contributed by atoms with Gasteiger partial charge in [0, 0.05) is 26.2 Å². The Kier molecular flexibility index (Phi) is 3.77. The number of aromatic nitrogens is 4. The maximum absolute atomic E-state index is 4.90. The van der Waals surface area contributed by atoms with E-state index in [1.807, 2.05) is 17.9 Å². The van der Waals surface area contributed by atoms with Gasteiger partial charge in [-0.3, -0.25) is 4.68 Å². The molecule has 4 rings (SSSR count). The molecule has 3 aromatic rings. The summed E-state index contributed by atoms with van der Waals surface area (Å²) in [5.74, 6) is 2.03. The van der Waals surface area contributed by atoms with Crippen molar-refractivity contribution in [2.75, 3.05) is 11.4 Å². The van der Waals surface area contributed by atoms with E-state index in [9.17, 15) is 0 Å². The molecule has 6 heteroatoms. The standard InChI is InChI=1S/C17H21N5S/c1-3-15-19-16(12-8-11-23-17(12)20-15)22-10-5-4-6-14(22)13-7-9-18-21(13)2/h7-9,11,14H,3-6,10H2,1-2H3/t14-/m1/s1. The number of rotatable bonds is 3. The zero-order valence-electron chi connectivity index (χ0n) is 13.6. The summed E-state index contributed by atoms with van der Waals surface area (Å²) in [5, 5.41) is 7.66. The molecular formula is C17H21N5S. The zero-order valence-corrected chi connectivity index (χ0v) is 14.4. The monoisotopic (exact) mass is 327 g/mol. The second-order valence-electron chi connectivity index (χ2n) is 6.04. The van der Waals surface area contributed by atoms with Gasteiger partial charge in [0.15, 0.2) is 0 Å². The molecule has 4 heterocycles. The fourth-order valence-electron chi connectivity index (χ4n) is 3.46. The van der Waals surface area contributed by atoms with Gasteiger partial charge >= 0.3 is 0 Å². The van der Waals surface area contributed by atoms with Gasteiger partial charge in [-0.15, -0.1) is 11.3 Å². The Bertz CT molecular complexity index is 821. The van der Waals surface area contributed by atoms with Crippen LogP contribution in [0.3, 0.4) is 0 Å². The number of hydrogen-bond acceptors (Lipinski definition) is 5. The van der Waals surface area contributed by atoms with E-state index in [0.717, 1.165) is 35.9 Å². The van der Waals surface area contributed by atoms with E-state index in [-0.39, 0.29) is 0 Å². The number of thiophene rings is 1. The van der Waals surface area contributed by atoms with Crippen LogP contribution >= 0.6 is 11.3 Å². The average molecular weight is 327 g/mol. The lowest BCUT2D eigenvalue weighted by Gasteiger charge is -2.37. The van der Waals surface area contributed by atoms with Crippen molar-refractivity contribution in [1.29, 1.82) is 0 Å². The minimum absolute atomic E-state index is 0.346. The molecule has 5 nitrogen and oxygen atoms in total. The quantitative estimate of drug-likeness (QED) is 0.735. The van der Waals surface area contributed by atoms with Crippen molar-refractivity contribution in [3.05, 3.63) is 35.2 Å². The molecule has 1 atom stereocenters. The second-order valence-corrected chi connectivity index (χ2v) is 6.94. The van der Waals surface area contributed by atoms with E-state index in [1.165, 1.54) is 23.9 Å². The molecule has 0 unspecified atom stereocenters. The summed E-state index contributed by atoms with van der Waals surface area (Å²) in [4.78, 5) is 13.1. The smallest absolute Gasteiger partial charge is 0.141 e. The molecule has 0 N–H and O–H groups in total. The van der Waals surface area contributed by atoms with Crippen LogP contribution in [0.5, 0.6) is 0 Å². The first kappa shape index (κ1) is 14.6. The molecule has 0 amide bonds. The Morgan fingerprint density at radius 3 is 2.96 bits per heavy atom. The van der Waals surface area contributed by atoms with Gasteiger partial charge in [0.1, 0.15) is 16.5 Å². The van der Waals surface area contributed by atoms with Crippen molar-refractivity contribution in [2.45, 2.75) is 38.6 Å². The molecule has 0 aliphatic carbocycles. The van der Waals surface area contributed by atoms with Gasteiger partial charge in [-0.25, -0.2) is 9.97 Å². The number of piperidine rings is 1. The second kappa shape index (κ2) is 5.92. The van der Waals surface area contributed by atoms with Gasteiger partial charge in [-0.2, -0.15) is 5.10 Å². The summed E-state index contributed by atoms with van der Waals surface area (Å²) in [7, 11) is 2.03.